The molecule has 2 heterocycles. The molecule has 0 spiro atoms. The molecule has 1 saturated heterocycles. The SMILES string of the molecule is Cc1cccc(N2CCN(CCCNC(=O)Cn3c(C)csc3=O)CC2)c1. The van der Waals surface area contributed by atoms with Gasteiger partial charge in [0.25, 0.3) is 0 Å². The smallest absolute Gasteiger partial charge is 0.307 e. The number of hydrogen-bond acceptors (Lipinski definition) is 5. The normalized spacial score (nSPS) is 15.1. The summed E-state index contributed by atoms with van der Waals surface area (Å²) >= 11 is 1.14. The molecule has 1 N–H and O–H groups in total. The molecule has 1 fully saturated rings. The van der Waals surface area contributed by atoms with Crippen LogP contribution in [0.5, 0.6) is 0 Å². The van der Waals surface area contributed by atoms with Gasteiger partial charge < -0.3 is 10.2 Å². The van der Waals surface area contributed by atoms with Crippen molar-refractivity contribution in [2.24, 2.45) is 0 Å². The van der Waals surface area contributed by atoms with Crippen LogP contribution in [-0.2, 0) is 11.3 Å². The zero-order valence-corrected chi connectivity index (χ0v) is 16.9. The van der Waals surface area contributed by atoms with Crippen LogP contribution in [0.4, 0.5) is 5.69 Å². The summed E-state index contributed by atoms with van der Waals surface area (Å²) in [5, 5.41) is 4.71. The van der Waals surface area contributed by atoms with Crippen molar-refractivity contribution in [1.29, 1.82) is 0 Å². The topological polar surface area (TPSA) is 57.6 Å². The molecule has 1 aliphatic rings. The highest BCUT2D eigenvalue weighted by Crippen LogP contribution is 2.17. The zero-order chi connectivity index (χ0) is 19.2. The number of nitrogens with zero attached hydrogens (tertiary/aromatic N) is 3. The molecule has 0 radical (unpaired) electrons. The molecule has 3 rings (SSSR count). The summed E-state index contributed by atoms with van der Waals surface area (Å²) in [7, 11) is 0. The molecule has 146 valence electrons. The van der Waals surface area contributed by atoms with Crippen molar-refractivity contribution in [2.75, 3.05) is 44.2 Å². The van der Waals surface area contributed by atoms with E-state index in [0.29, 0.717) is 6.54 Å². The van der Waals surface area contributed by atoms with E-state index in [9.17, 15) is 9.59 Å². The van der Waals surface area contributed by atoms with Crippen LogP contribution in [0.1, 0.15) is 17.7 Å². The summed E-state index contributed by atoms with van der Waals surface area (Å²) < 4.78 is 1.52. The maximum atomic E-state index is 12.0. The molecule has 0 unspecified atom stereocenters. The number of aromatic nitrogens is 1. The number of piperazine rings is 1. The molecule has 27 heavy (non-hydrogen) atoms. The van der Waals surface area contributed by atoms with Crippen molar-refractivity contribution in [3.63, 3.8) is 0 Å². The molecule has 0 saturated carbocycles. The van der Waals surface area contributed by atoms with Crippen molar-refractivity contribution in [3.8, 4) is 0 Å². The second-order valence-corrected chi connectivity index (χ2v) is 7.92. The Kier molecular flexibility index (Phi) is 6.68. The van der Waals surface area contributed by atoms with E-state index in [0.717, 1.165) is 56.2 Å². The van der Waals surface area contributed by atoms with Crippen LogP contribution in [0, 0.1) is 13.8 Å². The molecule has 0 bridgehead atoms. The zero-order valence-electron chi connectivity index (χ0n) is 16.1. The first-order chi connectivity index (χ1) is 13.0. The monoisotopic (exact) mass is 388 g/mol. The van der Waals surface area contributed by atoms with Crippen LogP contribution in [0.2, 0.25) is 0 Å². The van der Waals surface area contributed by atoms with Crippen LogP contribution in [0.15, 0.2) is 34.4 Å². The van der Waals surface area contributed by atoms with Crippen LogP contribution in [0.25, 0.3) is 0 Å². The van der Waals surface area contributed by atoms with E-state index in [-0.39, 0.29) is 17.3 Å². The molecular weight excluding hydrogens is 360 g/mol. The Morgan fingerprint density at radius 2 is 1.96 bits per heavy atom. The number of nitrogens with one attached hydrogen (secondary N) is 1. The van der Waals surface area contributed by atoms with Crippen molar-refractivity contribution < 1.29 is 4.79 Å². The minimum atomic E-state index is -0.0946. The first kappa shape index (κ1) is 19.6. The van der Waals surface area contributed by atoms with E-state index in [1.54, 1.807) is 5.38 Å². The average Bonchev–Trinajstić information content (AvgIpc) is 2.98. The molecular formula is C20H28N4O2S. The lowest BCUT2D eigenvalue weighted by atomic mass is 10.2. The van der Waals surface area contributed by atoms with Gasteiger partial charge >= 0.3 is 4.87 Å². The number of rotatable bonds is 7. The average molecular weight is 389 g/mol. The van der Waals surface area contributed by atoms with E-state index in [1.165, 1.54) is 15.8 Å². The van der Waals surface area contributed by atoms with Gasteiger partial charge in [0.2, 0.25) is 5.91 Å². The van der Waals surface area contributed by atoms with Gasteiger partial charge in [0.15, 0.2) is 0 Å². The number of thiazole rings is 1. The van der Waals surface area contributed by atoms with Crippen molar-refractivity contribution in [2.45, 2.75) is 26.8 Å². The molecule has 2 aromatic rings. The van der Waals surface area contributed by atoms with Crippen LogP contribution in [0.3, 0.4) is 0 Å². The summed E-state index contributed by atoms with van der Waals surface area (Å²) in [6, 6.07) is 8.67. The van der Waals surface area contributed by atoms with Gasteiger partial charge in [-0.1, -0.05) is 23.5 Å². The van der Waals surface area contributed by atoms with Crippen molar-refractivity contribution in [3.05, 3.63) is 50.6 Å². The third-order valence-corrected chi connectivity index (χ3v) is 5.87. The fourth-order valence-electron chi connectivity index (χ4n) is 3.38. The molecule has 7 heteroatoms. The molecule has 0 aliphatic carbocycles. The highest BCUT2D eigenvalue weighted by molar-refractivity contribution is 7.07. The third kappa shape index (κ3) is 5.43. The predicted octanol–water partition coefficient (Wildman–Crippen LogP) is 1.86. The summed E-state index contributed by atoms with van der Waals surface area (Å²) in [4.78, 5) is 28.5. The lowest BCUT2D eigenvalue weighted by Gasteiger charge is -2.36. The van der Waals surface area contributed by atoms with Gasteiger partial charge in [0, 0.05) is 49.5 Å². The first-order valence-corrected chi connectivity index (χ1v) is 10.4. The molecule has 1 aliphatic heterocycles. The van der Waals surface area contributed by atoms with Crippen LogP contribution >= 0.6 is 11.3 Å². The van der Waals surface area contributed by atoms with Crippen molar-refractivity contribution >= 4 is 22.9 Å². The number of anilines is 1. The van der Waals surface area contributed by atoms with Gasteiger partial charge in [-0.05, 0) is 44.5 Å². The minimum absolute atomic E-state index is 0.0749. The number of hydrogen-bond donors (Lipinski definition) is 1. The minimum Gasteiger partial charge on any atom is -0.369 e. The van der Waals surface area contributed by atoms with E-state index in [1.807, 2.05) is 6.92 Å². The number of carbonyl (C=O) groups excluding carboxylic acids is 1. The van der Waals surface area contributed by atoms with E-state index >= 15 is 0 Å². The summed E-state index contributed by atoms with van der Waals surface area (Å²) in [6.45, 7) is 9.90. The summed E-state index contributed by atoms with van der Waals surface area (Å²) in [5.74, 6) is -0.0946. The van der Waals surface area contributed by atoms with Gasteiger partial charge in [-0.3, -0.25) is 19.1 Å². The fourth-order valence-corrected chi connectivity index (χ4v) is 4.11. The molecule has 1 amide bonds. The number of amides is 1. The summed E-state index contributed by atoms with van der Waals surface area (Å²) in [6.07, 6.45) is 0.924. The Hall–Kier alpha value is -2.12. The van der Waals surface area contributed by atoms with Gasteiger partial charge in [0.05, 0.1) is 0 Å². The fraction of sp³-hybridized carbons (Fsp3) is 0.500. The van der Waals surface area contributed by atoms with E-state index in [4.69, 9.17) is 0 Å². The lowest BCUT2D eigenvalue weighted by molar-refractivity contribution is -0.121. The van der Waals surface area contributed by atoms with Gasteiger partial charge in [-0.2, -0.15) is 0 Å². The largest absolute Gasteiger partial charge is 0.369 e. The second kappa shape index (κ2) is 9.19. The van der Waals surface area contributed by atoms with Gasteiger partial charge in [-0.25, -0.2) is 0 Å². The van der Waals surface area contributed by atoms with E-state index < -0.39 is 0 Å². The van der Waals surface area contributed by atoms with Gasteiger partial charge in [0.1, 0.15) is 6.54 Å². The Morgan fingerprint density at radius 1 is 1.19 bits per heavy atom. The highest BCUT2D eigenvalue weighted by Gasteiger charge is 2.17. The Morgan fingerprint density at radius 3 is 2.63 bits per heavy atom. The molecule has 1 aromatic heterocycles. The van der Waals surface area contributed by atoms with Crippen LogP contribution in [-0.4, -0.2) is 54.6 Å². The summed E-state index contributed by atoms with van der Waals surface area (Å²) in [5.41, 5.74) is 3.44. The quantitative estimate of drug-likeness (QED) is 0.736. The second-order valence-electron chi connectivity index (χ2n) is 7.10. The Bertz CT molecular complexity index is 821. The maximum absolute atomic E-state index is 12.0. The standard InChI is InChI=1S/C20H28N4O2S/c1-16-5-3-6-18(13-16)23-11-9-22(10-12-23)8-4-7-21-19(25)14-24-17(2)15-27-20(24)26/h3,5-6,13,15H,4,7-12,14H2,1-2H3,(H,21,25). The Balaban J connectivity index is 1.33. The molecule has 0 atom stereocenters. The molecule has 6 nitrogen and oxygen atoms in total. The third-order valence-electron chi connectivity index (χ3n) is 4.99. The number of aryl methyl sites for hydroxylation is 2. The molecule has 1 aromatic carbocycles. The van der Waals surface area contributed by atoms with Crippen molar-refractivity contribution in [1.82, 2.24) is 14.8 Å². The van der Waals surface area contributed by atoms with E-state index in [2.05, 4.69) is 46.3 Å². The number of benzene rings is 1. The first-order valence-electron chi connectivity index (χ1n) is 9.48. The number of carbonyl (C=O) groups is 1. The highest BCUT2D eigenvalue weighted by atomic mass is 32.1. The predicted molar refractivity (Wildman–Crippen MR) is 111 cm³/mol. The maximum Gasteiger partial charge on any atom is 0.307 e. The van der Waals surface area contributed by atoms with Gasteiger partial charge in [-0.15, -0.1) is 0 Å². The Labute approximate surface area is 164 Å². The van der Waals surface area contributed by atoms with Crippen LogP contribution < -0.4 is 15.1 Å². The lowest BCUT2D eigenvalue weighted by Crippen LogP contribution is -2.47.